The Bertz CT molecular complexity index is 195. The number of alkyl halides is 1. The summed E-state index contributed by atoms with van der Waals surface area (Å²) in [5.74, 6) is 1.31. The number of H-pyrrole nitrogens is 1. The van der Waals surface area contributed by atoms with Crippen LogP contribution in [0.15, 0.2) is 18.3 Å². The van der Waals surface area contributed by atoms with Gasteiger partial charge in [-0.3, -0.25) is 0 Å². The molecule has 0 atom stereocenters. The summed E-state index contributed by atoms with van der Waals surface area (Å²) in [6, 6.07) is 3.71. The van der Waals surface area contributed by atoms with Crippen LogP contribution in [0.1, 0.15) is 5.69 Å². The van der Waals surface area contributed by atoms with Crippen LogP contribution < -0.4 is 9.72 Å². The van der Waals surface area contributed by atoms with E-state index in [1.165, 1.54) is 0 Å². The summed E-state index contributed by atoms with van der Waals surface area (Å²) in [5, 5.41) is 0. The molecule has 0 radical (unpaired) electrons. The Morgan fingerprint density at radius 1 is 1.70 bits per heavy atom. The molecule has 1 aromatic rings. The quantitative estimate of drug-likeness (QED) is 0.595. The lowest BCUT2D eigenvalue weighted by Gasteiger charge is -1.94. The van der Waals surface area contributed by atoms with Gasteiger partial charge in [0.2, 0.25) is 0 Å². The van der Waals surface area contributed by atoms with Crippen molar-refractivity contribution in [3.05, 3.63) is 24.0 Å². The molecule has 0 saturated carbocycles. The summed E-state index contributed by atoms with van der Waals surface area (Å²) < 4.78 is 4.98. The fourth-order valence-corrected chi connectivity index (χ4v) is 0.851. The lowest BCUT2D eigenvalue weighted by Crippen LogP contribution is -2.07. The van der Waals surface area contributed by atoms with Crippen LogP contribution in [0.25, 0.3) is 0 Å². The first kappa shape index (κ1) is 7.35. The molecule has 1 aromatic heterocycles. The first-order valence-electron chi connectivity index (χ1n) is 2.97. The molecule has 0 fully saturated rings. The number of hydrogen-bond donors (Lipinski definition) is 0. The molecule has 2 nitrogen and oxygen atoms in total. The summed E-state index contributed by atoms with van der Waals surface area (Å²) in [7, 11) is 1.63. The molecule has 0 spiro atoms. The first-order chi connectivity index (χ1) is 4.86. The predicted octanol–water partition coefficient (Wildman–Crippen LogP) is 1.25. The van der Waals surface area contributed by atoms with Crippen LogP contribution in [-0.2, 0) is 5.88 Å². The van der Waals surface area contributed by atoms with Gasteiger partial charge < -0.3 is 4.74 Å². The molecule has 0 aliphatic rings. The minimum atomic E-state index is 0.483. The number of hydrogen-bond acceptors (Lipinski definition) is 1. The van der Waals surface area contributed by atoms with Crippen LogP contribution in [0.4, 0.5) is 0 Å². The number of pyridine rings is 1. The first-order valence-corrected chi connectivity index (χ1v) is 3.51. The number of nitrogens with one attached hydrogen (secondary N) is 1. The molecule has 0 aromatic carbocycles. The van der Waals surface area contributed by atoms with Crippen LogP contribution in [0.3, 0.4) is 0 Å². The van der Waals surface area contributed by atoms with Crippen molar-refractivity contribution in [2.45, 2.75) is 5.88 Å². The molecule has 3 heteroatoms. The van der Waals surface area contributed by atoms with Crippen molar-refractivity contribution >= 4 is 11.6 Å². The van der Waals surface area contributed by atoms with Gasteiger partial charge in [0, 0.05) is 12.1 Å². The van der Waals surface area contributed by atoms with Gasteiger partial charge in [-0.2, -0.15) is 0 Å². The van der Waals surface area contributed by atoms with Crippen molar-refractivity contribution in [3.63, 3.8) is 0 Å². The Kier molecular flexibility index (Phi) is 2.51. The Balaban J connectivity index is 2.87. The number of methoxy groups -OCH3 is 1. The highest BCUT2D eigenvalue weighted by atomic mass is 35.5. The monoisotopic (exact) mass is 158 g/mol. The van der Waals surface area contributed by atoms with Gasteiger partial charge in [-0.25, -0.2) is 4.98 Å². The second-order valence-corrected chi connectivity index (χ2v) is 2.15. The van der Waals surface area contributed by atoms with Crippen molar-refractivity contribution in [2.75, 3.05) is 7.11 Å². The van der Waals surface area contributed by atoms with Crippen molar-refractivity contribution in [1.29, 1.82) is 0 Å². The maximum atomic E-state index is 5.57. The molecule has 54 valence electrons. The molecule has 1 rings (SSSR count). The summed E-state index contributed by atoms with van der Waals surface area (Å²) in [5.41, 5.74) is 0.959. The average Bonchev–Trinajstić information content (AvgIpc) is 2.05. The average molecular weight is 159 g/mol. The SMILES string of the molecule is COc1cc[nH+]c(CCl)c1. The minimum Gasteiger partial charge on any atom is -0.496 e. The third-order valence-electron chi connectivity index (χ3n) is 1.21. The third kappa shape index (κ3) is 1.61. The zero-order valence-corrected chi connectivity index (χ0v) is 6.48. The predicted molar refractivity (Wildman–Crippen MR) is 39.1 cm³/mol. The maximum absolute atomic E-state index is 5.57. The van der Waals surface area contributed by atoms with E-state index in [0.29, 0.717) is 5.88 Å². The summed E-state index contributed by atoms with van der Waals surface area (Å²) in [6.45, 7) is 0. The van der Waals surface area contributed by atoms with Gasteiger partial charge in [0.15, 0.2) is 11.9 Å². The van der Waals surface area contributed by atoms with E-state index < -0.39 is 0 Å². The second-order valence-electron chi connectivity index (χ2n) is 1.89. The highest BCUT2D eigenvalue weighted by molar-refractivity contribution is 6.16. The van der Waals surface area contributed by atoms with Crippen LogP contribution in [0, 0.1) is 0 Å². The third-order valence-corrected chi connectivity index (χ3v) is 1.50. The smallest absolute Gasteiger partial charge is 0.198 e. The van der Waals surface area contributed by atoms with Crippen LogP contribution in [0.5, 0.6) is 5.75 Å². The number of rotatable bonds is 2. The van der Waals surface area contributed by atoms with Crippen molar-refractivity contribution in [2.24, 2.45) is 0 Å². The largest absolute Gasteiger partial charge is 0.496 e. The van der Waals surface area contributed by atoms with Gasteiger partial charge >= 0.3 is 0 Å². The van der Waals surface area contributed by atoms with E-state index in [1.54, 1.807) is 13.3 Å². The van der Waals surface area contributed by atoms with Crippen molar-refractivity contribution in [3.8, 4) is 5.75 Å². The van der Waals surface area contributed by atoms with Gasteiger partial charge in [-0.15, -0.1) is 11.6 Å². The van der Waals surface area contributed by atoms with E-state index in [2.05, 4.69) is 4.98 Å². The topological polar surface area (TPSA) is 23.4 Å². The highest BCUT2D eigenvalue weighted by Gasteiger charge is 1.99. The zero-order chi connectivity index (χ0) is 7.40. The van der Waals surface area contributed by atoms with Crippen LogP contribution in [-0.4, -0.2) is 7.11 Å². The zero-order valence-electron chi connectivity index (χ0n) is 5.73. The molecule has 0 bridgehead atoms. The minimum absolute atomic E-state index is 0.483. The van der Waals surface area contributed by atoms with Crippen molar-refractivity contribution < 1.29 is 9.72 Å². The van der Waals surface area contributed by atoms with Crippen LogP contribution in [0.2, 0.25) is 0 Å². The van der Waals surface area contributed by atoms with Crippen LogP contribution >= 0.6 is 11.6 Å². The molecular weight excluding hydrogens is 150 g/mol. The molecule has 0 aliphatic carbocycles. The Hall–Kier alpha value is -0.760. The highest BCUT2D eigenvalue weighted by Crippen LogP contribution is 2.08. The molecule has 0 amide bonds. The number of aromatic amines is 1. The van der Waals surface area contributed by atoms with Gasteiger partial charge in [0.25, 0.3) is 0 Å². The second kappa shape index (κ2) is 3.42. The Morgan fingerprint density at radius 3 is 3.10 bits per heavy atom. The van der Waals surface area contributed by atoms with E-state index in [-0.39, 0.29) is 0 Å². The normalized spacial score (nSPS) is 9.40. The van der Waals surface area contributed by atoms with Gasteiger partial charge in [-0.05, 0) is 0 Å². The van der Waals surface area contributed by atoms with Gasteiger partial charge in [0.1, 0.15) is 11.6 Å². The van der Waals surface area contributed by atoms with E-state index in [1.807, 2.05) is 12.1 Å². The molecular formula is C7H9ClNO+. The number of halogens is 1. The fourth-order valence-electron chi connectivity index (χ4n) is 0.696. The molecule has 0 unspecified atom stereocenters. The number of ether oxygens (including phenoxy) is 1. The van der Waals surface area contributed by atoms with Gasteiger partial charge in [-0.1, -0.05) is 0 Å². The molecule has 1 N–H and O–H groups in total. The van der Waals surface area contributed by atoms with E-state index in [0.717, 1.165) is 11.4 Å². The molecule has 0 aliphatic heterocycles. The number of aromatic nitrogens is 1. The fraction of sp³-hybridized carbons (Fsp3) is 0.286. The molecule has 1 heterocycles. The summed E-state index contributed by atoms with van der Waals surface area (Å²) in [4.78, 5) is 2.98. The lowest BCUT2D eigenvalue weighted by molar-refractivity contribution is -0.388. The summed E-state index contributed by atoms with van der Waals surface area (Å²) >= 11 is 5.57. The van der Waals surface area contributed by atoms with E-state index >= 15 is 0 Å². The van der Waals surface area contributed by atoms with E-state index in [4.69, 9.17) is 16.3 Å². The lowest BCUT2D eigenvalue weighted by atomic mass is 10.4. The van der Waals surface area contributed by atoms with E-state index in [9.17, 15) is 0 Å². The molecule has 0 saturated heterocycles. The van der Waals surface area contributed by atoms with Crippen molar-refractivity contribution in [1.82, 2.24) is 0 Å². The Labute approximate surface area is 64.8 Å². The maximum Gasteiger partial charge on any atom is 0.198 e. The summed E-state index contributed by atoms with van der Waals surface area (Å²) in [6.07, 6.45) is 1.80. The standard InChI is InChI=1S/C7H8ClNO/c1-10-7-2-3-9-6(4-7)5-8/h2-4H,5H2,1H3/p+1. The Morgan fingerprint density at radius 2 is 2.50 bits per heavy atom. The molecule has 10 heavy (non-hydrogen) atoms. The van der Waals surface area contributed by atoms with Gasteiger partial charge in [0.05, 0.1) is 7.11 Å².